The third-order valence-electron chi connectivity index (χ3n) is 1.73. The average Bonchev–Trinajstić information content (AvgIpc) is 2.47. The van der Waals surface area contributed by atoms with Crippen molar-refractivity contribution in [2.75, 3.05) is 0 Å². The molecular formula is C11H17NO3. The SMILES string of the molecule is Cc1ccc(C(N)C(=O)OC(C)(C)C)o1. The largest absolute Gasteiger partial charge is 0.464 e. The average molecular weight is 211 g/mol. The van der Waals surface area contributed by atoms with Crippen LogP contribution in [0.1, 0.15) is 38.3 Å². The highest BCUT2D eigenvalue weighted by Crippen LogP contribution is 2.18. The Morgan fingerprint density at radius 1 is 1.47 bits per heavy atom. The Balaban J connectivity index is 2.69. The summed E-state index contributed by atoms with van der Waals surface area (Å²) < 4.78 is 10.4. The molecule has 4 nitrogen and oxygen atoms in total. The summed E-state index contributed by atoms with van der Waals surface area (Å²) in [7, 11) is 0. The first-order valence-corrected chi connectivity index (χ1v) is 4.84. The van der Waals surface area contributed by atoms with Gasteiger partial charge in [0.1, 0.15) is 17.1 Å². The monoisotopic (exact) mass is 211 g/mol. The highest BCUT2D eigenvalue weighted by molar-refractivity contribution is 5.76. The normalized spacial score (nSPS) is 13.7. The minimum absolute atomic E-state index is 0.432. The molecule has 0 spiro atoms. The number of esters is 1. The van der Waals surface area contributed by atoms with Crippen LogP contribution in [0.15, 0.2) is 16.5 Å². The maximum atomic E-state index is 11.6. The van der Waals surface area contributed by atoms with Crippen molar-refractivity contribution in [2.24, 2.45) is 5.73 Å². The molecule has 0 aliphatic rings. The second kappa shape index (κ2) is 4.06. The maximum absolute atomic E-state index is 11.6. The number of carbonyl (C=O) groups is 1. The van der Waals surface area contributed by atoms with E-state index in [1.54, 1.807) is 39.8 Å². The van der Waals surface area contributed by atoms with Gasteiger partial charge in [0.2, 0.25) is 0 Å². The standard InChI is InChI=1S/C11H17NO3/c1-7-5-6-8(14-7)9(12)10(13)15-11(2,3)4/h5-6,9H,12H2,1-4H3. The van der Waals surface area contributed by atoms with Crippen molar-refractivity contribution in [3.05, 3.63) is 23.7 Å². The molecule has 1 heterocycles. The summed E-state index contributed by atoms with van der Waals surface area (Å²) in [5, 5.41) is 0. The second-order valence-corrected chi connectivity index (χ2v) is 4.46. The van der Waals surface area contributed by atoms with Crippen LogP contribution in [-0.2, 0) is 9.53 Å². The van der Waals surface area contributed by atoms with Crippen LogP contribution >= 0.6 is 0 Å². The Labute approximate surface area is 89.4 Å². The van der Waals surface area contributed by atoms with E-state index in [2.05, 4.69) is 0 Å². The molecule has 0 saturated heterocycles. The van der Waals surface area contributed by atoms with Gasteiger partial charge in [-0.15, -0.1) is 0 Å². The molecule has 0 bridgehead atoms. The molecule has 1 aromatic heterocycles. The fourth-order valence-corrected chi connectivity index (χ4v) is 1.10. The van der Waals surface area contributed by atoms with Crippen molar-refractivity contribution in [2.45, 2.75) is 39.3 Å². The highest BCUT2D eigenvalue weighted by atomic mass is 16.6. The summed E-state index contributed by atoms with van der Waals surface area (Å²) in [5.74, 6) is 0.683. The first kappa shape index (κ1) is 11.8. The van der Waals surface area contributed by atoms with Crippen LogP contribution in [0, 0.1) is 6.92 Å². The van der Waals surface area contributed by atoms with Crippen LogP contribution in [0.4, 0.5) is 0 Å². The molecule has 0 aliphatic carbocycles. The van der Waals surface area contributed by atoms with Gasteiger partial charge in [-0.05, 0) is 39.8 Å². The van der Waals surface area contributed by atoms with Crippen LogP contribution in [-0.4, -0.2) is 11.6 Å². The number of rotatable bonds is 2. The molecule has 1 atom stereocenters. The molecule has 0 amide bonds. The zero-order valence-corrected chi connectivity index (χ0v) is 9.53. The van der Waals surface area contributed by atoms with E-state index in [-0.39, 0.29) is 0 Å². The van der Waals surface area contributed by atoms with Crippen LogP contribution in [0.25, 0.3) is 0 Å². The number of carbonyl (C=O) groups excluding carboxylic acids is 1. The van der Waals surface area contributed by atoms with Gasteiger partial charge in [0.15, 0.2) is 6.04 Å². The lowest BCUT2D eigenvalue weighted by atomic mass is 10.2. The van der Waals surface area contributed by atoms with Gasteiger partial charge >= 0.3 is 5.97 Å². The highest BCUT2D eigenvalue weighted by Gasteiger charge is 2.25. The Bertz CT molecular complexity index is 349. The smallest absolute Gasteiger partial charge is 0.331 e. The molecule has 0 aromatic carbocycles. The van der Waals surface area contributed by atoms with E-state index in [1.807, 2.05) is 0 Å². The van der Waals surface area contributed by atoms with Crippen LogP contribution in [0.3, 0.4) is 0 Å². The molecular weight excluding hydrogens is 194 g/mol. The summed E-state index contributed by atoms with van der Waals surface area (Å²) in [4.78, 5) is 11.6. The molecule has 2 N–H and O–H groups in total. The van der Waals surface area contributed by atoms with Crippen molar-refractivity contribution in [1.29, 1.82) is 0 Å². The summed E-state index contributed by atoms with van der Waals surface area (Å²) in [6.07, 6.45) is 0. The van der Waals surface area contributed by atoms with Crippen molar-refractivity contribution in [3.8, 4) is 0 Å². The van der Waals surface area contributed by atoms with Gasteiger partial charge in [0.05, 0.1) is 0 Å². The fourth-order valence-electron chi connectivity index (χ4n) is 1.10. The topological polar surface area (TPSA) is 65.5 Å². The number of nitrogens with two attached hydrogens (primary N) is 1. The molecule has 4 heteroatoms. The molecule has 1 rings (SSSR count). The van der Waals surface area contributed by atoms with E-state index in [9.17, 15) is 4.79 Å². The van der Waals surface area contributed by atoms with Gasteiger partial charge in [-0.3, -0.25) is 0 Å². The molecule has 0 radical (unpaired) electrons. The lowest BCUT2D eigenvalue weighted by molar-refractivity contribution is -0.157. The number of hydrogen-bond donors (Lipinski definition) is 1. The van der Waals surface area contributed by atoms with Gasteiger partial charge in [-0.2, -0.15) is 0 Å². The molecule has 0 aliphatic heterocycles. The van der Waals surface area contributed by atoms with Crippen molar-refractivity contribution >= 4 is 5.97 Å². The molecule has 0 fully saturated rings. The third-order valence-corrected chi connectivity index (χ3v) is 1.73. The predicted molar refractivity (Wildman–Crippen MR) is 56.2 cm³/mol. The number of aryl methyl sites for hydroxylation is 1. The quantitative estimate of drug-likeness (QED) is 0.759. The molecule has 15 heavy (non-hydrogen) atoms. The van der Waals surface area contributed by atoms with Crippen LogP contribution in [0.2, 0.25) is 0 Å². The lowest BCUT2D eigenvalue weighted by Gasteiger charge is -2.21. The van der Waals surface area contributed by atoms with Crippen LogP contribution < -0.4 is 5.73 Å². The minimum atomic E-state index is -0.849. The predicted octanol–water partition coefficient (Wildman–Crippen LogP) is 1.93. The van der Waals surface area contributed by atoms with Gasteiger partial charge in [-0.1, -0.05) is 0 Å². The lowest BCUT2D eigenvalue weighted by Crippen LogP contribution is -2.31. The minimum Gasteiger partial charge on any atom is -0.464 e. The van der Waals surface area contributed by atoms with Gasteiger partial charge in [0.25, 0.3) is 0 Å². The Morgan fingerprint density at radius 3 is 2.47 bits per heavy atom. The second-order valence-electron chi connectivity index (χ2n) is 4.46. The van der Waals surface area contributed by atoms with Crippen molar-refractivity contribution in [3.63, 3.8) is 0 Å². The Hall–Kier alpha value is -1.29. The number of furan rings is 1. The zero-order chi connectivity index (χ0) is 11.6. The van der Waals surface area contributed by atoms with E-state index < -0.39 is 17.6 Å². The van der Waals surface area contributed by atoms with E-state index in [4.69, 9.17) is 14.9 Å². The Morgan fingerprint density at radius 2 is 2.07 bits per heavy atom. The van der Waals surface area contributed by atoms with Gasteiger partial charge in [-0.25, -0.2) is 4.79 Å². The number of hydrogen-bond acceptors (Lipinski definition) is 4. The van der Waals surface area contributed by atoms with E-state index >= 15 is 0 Å². The van der Waals surface area contributed by atoms with E-state index in [1.165, 1.54) is 0 Å². The molecule has 84 valence electrons. The Kier molecular flexibility index (Phi) is 3.19. The zero-order valence-electron chi connectivity index (χ0n) is 9.53. The molecule has 1 aromatic rings. The summed E-state index contributed by atoms with van der Waals surface area (Å²) >= 11 is 0. The first-order valence-electron chi connectivity index (χ1n) is 4.84. The molecule has 0 saturated carbocycles. The summed E-state index contributed by atoms with van der Waals surface area (Å²) in [6.45, 7) is 7.19. The first-order chi connectivity index (χ1) is 6.79. The maximum Gasteiger partial charge on any atom is 0.331 e. The third kappa shape index (κ3) is 3.40. The van der Waals surface area contributed by atoms with E-state index in [0.717, 1.165) is 5.76 Å². The fraction of sp³-hybridized carbons (Fsp3) is 0.545. The van der Waals surface area contributed by atoms with Gasteiger partial charge in [0, 0.05) is 0 Å². The van der Waals surface area contributed by atoms with Crippen molar-refractivity contribution < 1.29 is 13.9 Å². The van der Waals surface area contributed by atoms with Crippen molar-refractivity contribution in [1.82, 2.24) is 0 Å². The molecule has 1 unspecified atom stereocenters. The van der Waals surface area contributed by atoms with Crippen LogP contribution in [0.5, 0.6) is 0 Å². The summed E-state index contributed by atoms with van der Waals surface area (Å²) in [5.41, 5.74) is 5.16. The number of ether oxygens (including phenoxy) is 1. The van der Waals surface area contributed by atoms with E-state index in [0.29, 0.717) is 5.76 Å². The van der Waals surface area contributed by atoms with Gasteiger partial charge < -0.3 is 14.9 Å². The summed E-state index contributed by atoms with van der Waals surface area (Å²) in [6, 6.07) is 2.60.